The summed E-state index contributed by atoms with van der Waals surface area (Å²) in [6, 6.07) is 18.4. The smallest absolute Gasteiger partial charge is 0.300 e. The molecule has 1 fully saturated rings. The van der Waals surface area contributed by atoms with Gasteiger partial charge < -0.3 is 19.3 Å². The third-order valence-corrected chi connectivity index (χ3v) is 5.97. The lowest BCUT2D eigenvalue weighted by molar-refractivity contribution is -0.132. The summed E-state index contributed by atoms with van der Waals surface area (Å²) in [6.07, 6.45) is -0.00503. The summed E-state index contributed by atoms with van der Waals surface area (Å²) in [5.74, 6) is -0.132. The lowest BCUT2D eigenvalue weighted by Gasteiger charge is -2.26. The highest BCUT2D eigenvalue weighted by atomic mass is 16.5. The molecule has 3 aromatic carbocycles. The maximum absolute atomic E-state index is 13.4. The van der Waals surface area contributed by atoms with Crippen molar-refractivity contribution in [1.82, 2.24) is 0 Å². The SMILES string of the molecule is COc1ccc(N2C(=O)C(=O)/C(=C(/O)c3cc(C)ccc3OC)C2c2ccc(OC(C)C)cc2)cc1. The molecule has 0 aliphatic carbocycles. The Morgan fingerprint density at radius 2 is 1.53 bits per heavy atom. The van der Waals surface area contributed by atoms with Gasteiger partial charge in [0.05, 0.1) is 37.5 Å². The molecule has 3 aromatic rings. The predicted molar refractivity (Wildman–Crippen MR) is 138 cm³/mol. The molecule has 1 atom stereocenters. The molecular formula is C29H29NO6. The molecule has 7 nitrogen and oxygen atoms in total. The summed E-state index contributed by atoms with van der Waals surface area (Å²) >= 11 is 0. The topological polar surface area (TPSA) is 85.3 Å². The molecule has 1 amide bonds. The monoisotopic (exact) mass is 487 g/mol. The van der Waals surface area contributed by atoms with E-state index in [1.807, 2.05) is 26.8 Å². The summed E-state index contributed by atoms with van der Waals surface area (Å²) in [7, 11) is 3.04. The Hall–Kier alpha value is -4.26. The van der Waals surface area contributed by atoms with Crippen LogP contribution >= 0.6 is 0 Å². The van der Waals surface area contributed by atoms with E-state index >= 15 is 0 Å². The summed E-state index contributed by atoms with van der Waals surface area (Å²) in [4.78, 5) is 28.2. The first-order chi connectivity index (χ1) is 17.2. The van der Waals surface area contributed by atoms with E-state index in [9.17, 15) is 14.7 Å². The van der Waals surface area contributed by atoms with Crippen molar-refractivity contribution >= 4 is 23.1 Å². The van der Waals surface area contributed by atoms with E-state index in [-0.39, 0.29) is 17.4 Å². The van der Waals surface area contributed by atoms with Gasteiger partial charge in [-0.2, -0.15) is 0 Å². The third kappa shape index (κ3) is 4.64. The molecule has 1 aliphatic rings. The normalized spacial score (nSPS) is 16.9. The van der Waals surface area contributed by atoms with Crippen molar-refractivity contribution in [3.8, 4) is 17.2 Å². The highest BCUT2D eigenvalue weighted by molar-refractivity contribution is 6.51. The molecule has 0 bridgehead atoms. The van der Waals surface area contributed by atoms with Crippen LogP contribution in [0.3, 0.4) is 0 Å². The molecule has 36 heavy (non-hydrogen) atoms. The molecule has 0 aromatic heterocycles. The Bertz CT molecular complexity index is 1310. The standard InChI is InChI=1S/C29H29NO6/c1-17(2)36-22-11-7-19(8-12-22)26-25(27(31)23-16-18(3)6-15-24(23)35-5)28(32)29(33)30(26)20-9-13-21(34-4)14-10-20/h6-17,26,31H,1-5H3/b27-25+. The number of ketones is 1. The number of hydrogen-bond donors (Lipinski definition) is 1. The van der Waals surface area contributed by atoms with Gasteiger partial charge in [0.1, 0.15) is 23.0 Å². The minimum absolute atomic E-state index is 0.00503. The number of methoxy groups -OCH3 is 2. The minimum atomic E-state index is -0.864. The molecule has 1 unspecified atom stereocenters. The number of hydrogen-bond acceptors (Lipinski definition) is 6. The molecular weight excluding hydrogens is 458 g/mol. The number of carbonyl (C=O) groups excluding carboxylic acids is 2. The summed E-state index contributed by atoms with van der Waals surface area (Å²) < 4.78 is 16.4. The van der Waals surface area contributed by atoms with Crippen LogP contribution in [-0.4, -0.2) is 37.1 Å². The molecule has 0 saturated carbocycles. The first-order valence-corrected chi connectivity index (χ1v) is 11.6. The Labute approximate surface area is 210 Å². The molecule has 0 spiro atoms. The number of benzene rings is 3. The number of ether oxygens (including phenoxy) is 3. The molecule has 186 valence electrons. The summed E-state index contributed by atoms with van der Waals surface area (Å²) in [5.41, 5.74) is 2.34. The second kappa shape index (κ2) is 10.2. The maximum Gasteiger partial charge on any atom is 0.300 e. The quantitative estimate of drug-likeness (QED) is 0.272. The fourth-order valence-electron chi connectivity index (χ4n) is 4.31. The Balaban J connectivity index is 1.92. The van der Waals surface area contributed by atoms with E-state index in [2.05, 4.69) is 0 Å². The number of rotatable bonds is 7. The number of aliphatic hydroxyl groups is 1. The number of aryl methyl sites for hydroxylation is 1. The number of anilines is 1. The van der Waals surface area contributed by atoms with Crippen LogP contribution in [0.4, 0.5) is 5.69 Å². The van der Waals surface area contributed by atoms with Crippen molar-refractivity contribution in [2.24, 2.45) is 0 Å². The average Bonchev–Trinajstić information content (AvgIpc) is 3.14. The molecule has 1 saturated heterocycles. The first-order valence-electron chi connectivity index (χ1n) is 11.6. The van der Waals surface area contributed by atoms with Gasteiger partial charge in [-0.1, -0.05) is 23.8 Å². The van der Waals surface area contributed by atoms with E-state index in [0.717, 1.165) is 5.56 Å². The molecule has 7 heteroatoms. The van der Waals surface area contributed by atoms with Gasteiger partial charge in [-0.15, -0.1) is 0 Å². The molecule has 4 rings (SSSR count). The van der Waals surface area contributed by atoms with Crippen LogP contribution in [0, 0.1) is 6.92 Å². The average molecular weight is 488 g/mol. The maximum atomic E-state index is 13.4. The van der Waals surface area contributed by atoms with Gasteiger partial charge in [0.2, 0.25) is 0 Å². The molecule has 0 radical (unpaired) electrons. The largest absolute Gasteiger partial charge is 0.507 e. The van der Waals surface area contributed by atoms with Gasteiger partial charge >= 0.3 is 0 Å². The van der Waals surface area contributed by atoms with Crippen molar-refractivity contribution in [2.45, 2.75) is 32.9 Å². The van der Waals surface area contributed by atoms with Crippen LogP contribution in [-0.2, 0) is 9.59 Å². The first kappa shape index (κ1) is 24.9. The number of nitrogens with zero attached hydrogens (tertiary/aromatic N) is 1. The second-order valence-corrected chi connectivity index (χ2v) is 8.81. The van der Waals surface area contributed by atoms with Crippen LogP contribution < -0.4 is 19.1 Å². The van der Waals surface area contributed by atoms with Crippen molar-refractivity contribution in [2.75, 3.05) is 19.1 Å². The van der Waals surface area contributed by atoms with Gasteiger partial charge in [-0.05, 0) is 74.9 Å². The number of aliphatic hydroxyl groups excluding tert-OH is 1. The van der Waals surface area contributed by atoms with Crippen molar-refractivity contribution < 1.29 is 28.9 Å². The van der Waals surface area contributed by atoms with Crippen LogP contribution in [0.1, 0.15) is 36.6 Å². The van der Waals surface area contributed by atoms with Crippen LogP contribution in [0.2, 0.25) is 0 Å². The number of amides is 1. The van der Waals surface area contributed by atoms with E-state index in [0.29, 0.717) is 34.1 Å². The van der Waals surface area contributed by atoms with Gasteiger partial charge in [-0.25, -0.2) is 0 Å². The van der Waals surface area contributed by atoms with E-state index < -0.39 is 17.7 Å². The van der Waals surface area contributed by atoms with E-state index in [1.165, 1.54) is 12.0 Å². The Kier molecular flexibility index (Phi) is 7.01. The lowest BCUT2D eigenvalue weighted by Crippen LogP contribution is -2.29. The summed E-state index contributed by atoms with van der Waals surface area (Å²) in [6.45, 7) is 5.74. The number of carbonyl (C=O) groups is 2. The van der Waals surface area contributed by atoms with Crippen LogP contribution in [0.25, 0.3) is 5.76 Å². The minimum Gasteiger partial charge on any atom is -0.507 e. The van der Waals surface area contributed by atoms with Crippen molar-refractivity contribution in [3.63, 3.8) is 0 Å². The number of Topliss-reactive ketones (excluding diaryl/α,β-unsaturated/α-hetero) is 1. The van der Waals surface area contributed by atoms with Crippen LogP contribution in [0.5, 0.6) is 17.2 Å². The van der Waals surface area contributed by atoms with Gasteiger partial charge in [0.25, 0.3) is 11.7 Å². The fourth-order valence-corrected chi connectivity index (χ4v) is 4.31. The predicted octanol–water partition coefficient (Wildman–Crippen LogP) is 5.43. The van der Waals surface area contributed by atoms with E-state index in [4.69, 9.17) is 14.2 Å². The fraction of sp³-hybridized carbons (Fsp3) is 0.241. The zero-order chi connectivity index (χ0) is 26.0. The van der Waals surface area contributed by atoms with Crippen molar-refractivity contribution in [1.29, 1.82) is 0 Å². The van der Waals surface area contributed by atoms with Gasteiger partial charge in [0.15, 0.2) is 0 Å². The van der Waals surface area contributed by atoms with Crippen LogP contribution in [0.15, 0.2) is 72.3 Å². The third-order valence-electron chi connectivity index (χ3n) is 5.97. The van der Waals surface area contributed by atoms with Crippen molar-refractivity contribution in [3.05, 3.63) is 89.0 Å². The van der Waals surface area contributed by atoms with Gasteiger partial charge in [0, 0.05) is 5.69 Å². The van der Waals surface area contributed by atoms with Gasteiger partial charge in [-0.3, -0.25) is 14.5 Å². The second-order valence-electron chi connectivity index (χ2n) is 8.81. The lowest BCUT2D eigenvalue weighted by atomic mass is 9.94. The molecule has 1 aliphatic heterocycles. The zero-order valence-corrected chi connectivity index (χ0v) is 20.9. The summed E-state index contributed by atoms with van der Waals surface area (Å²) in [5, 5.41) is 11.5. The van der Waals surface area contributed by atoms with E-state index in [1.54, 1.807) is 67.8 Å². The Morgan fingerprint density at radius 3 is 2.11 bits per heavy atom. The highest BCUT2D eigenvalue weighted by Crippen LogP contribution is 2.44. The molecule has 1 heterocycles. The molecule has 1 N–H and O–H groups in total. The highest BCUT2D eigenvalue weighted by Gasteiger charge is 2.47. The Morgan fingerprint density at radius 1 is 0.889 bits per heavy atom. The zero-order valence-electron chi connectivity index (χ0n) is 20.9.